The van der Waals surface area contributed by atoms with Gasteiger partial charge in [-0.2, -0.15) is 0 Å². The van der Waals surface area contributed by atoms with Gasteiger partial charge in [-0.25, -0.2) is 9.97 Å². The van der Waals surface area contributed by atoms with E-state index in [-0.39, 0.29) is 5.91 Å². The van der Waals surface area contributed by atoms with Crippen molar-refractivity contribution in [1.29, 1.82) is 0 Å². The maximum absolute atomic E-state index is 13.3. The lowest BCUT2D eigenvalue weighted by molar-refractivity contribution is 0.0767. The molecule has 1 aliphatic heterocycles. The molecule has 2 heterocycles. The van der Waals surface area contributed by atoms with E-state index in [4.69, 9.17) is 9.97 Å². The Kier molecular flexibility index (Phi) is 8.74. The number of carbonyl (C=O) groups excluding carboxylic acids is 1. The molecule has 0 N–H and O–H groups in total. The van der Waals surface area contributed by atoms with Gasteiger partial charge in [-0.3, -0.25) is 4.79 Å². The maximum Gasteiger partial charge on any atom is 0.253 e. The van der Waals surface area contributed by atoms with E-state index < -0.39 is 0 Å². The second-order valence-electron chi connectivity index (χ2n) is 10.2. The zero-order chi connectivity index (χ0) is 25.5. The average Bonchev–Trinajstić information content (AvgIpc) is 3.15. The van der Waals surface area contributed by atoms with Gasteiger partial charge in [0.1, 0.15) is 5.82 Å². The van der Waals surface area contributed by atoms with Gasteiger partial charge in [-0.15, -0.1) is 0 Å². The smallest absolute Gasteiger partial charge is 0.253 e. The summed E-state index contributed by atoms with van der Waals surface area (Å²) >= 11 is 0. The van der Waals surface area contributed by atoms with Gasteiger partial charge in [0.05, 0.1) is 0 Å². The highest BCUT2D eigenvalue weighted by Gasteiger charge is 2.25. The molecular formula is C31H40N4O. The molecule has 5 heteroatoms. The molecule has 1 amide bonds. The quantitative estimate of drug-likeness (QED) is 0.335. The van der Waals surface area contributed by atoms with Gasteiger partial charge in [0.15, 0.2) is 5.82 Å². The molecule has 36 heavy (non-hydrogen) atoms. The van der Waals surface area contributed by atoms with Crippen LogP contribution in [-0.2, 0) is 6.42 Å². The standard InChI is InChI=1S/C31H40N4O/c1-5-6-8-12-25-15-17-27(18-16-25)31(36)35-20-11-19-34(21-22-35)30-28(23(2)3)24(4)32-29(33-30)26-13-9-7-10-14-26/h7,9-10,13-18,23H,5-6,8,11-12,19-22H2,1-4H3. The Labute approximate surface area is 216 Å². The minimum absolute atomic E-state index is 0.130. The summed E-state index contributed by atoms with van der Waals surface area (Å²) in [6.07, 6.45) is 5.69. The van der Waals surface area contributed by atoms with Crippen LogP contribution in [0.2, 0.25) is 0 Å². The fraction of sp³-hybridized carbons (Fsp3) is 0.452. The number of aromatic nitrogens is 2. The van der Waals surface area contributed by atoms with Gasteiger partial charge >= 0.3 is 0 Å². The van der Waals surface area contributed by atoms with E-state index in [0.29, 0.717) is 12.5 Å². The third-order valence-electron chi connectivity index (χ3n) is 7.08. The minimum atomic E-state index is 0.130. The molecule has 4 rings (SSSR count). The molecule has 190 valence electrons. The molecule has 1 fully saturated rings. The molecule has 0 bridgehead atoms. The number of nitrogens with zero attached hydrogens (tertiary/aromatic N) is 4. The van der Waals surface area contributed by atoms with Gasteiger partial charge in [0.2, 0.25) is 0 Å². The van der Waals surface area contributed by atoms with Gasteiger partial charge in [0.25, 0.3) is 5.91 Å². The predicted octanol–water partition coefficient (Wildman–Crippen LogP) is 6.66. The van der Waals surface area contributed by atoms with Crippen LogP contribution < -0.4 is 4.90 Å². The summed E-state index contributed by atoms with van der Waals surface area (Å²) in [5.74, 6) is 2.23. The van der Waals surface area contributed by atoms with E-state index in [2.05, 4.69) is 56.9 Å². The Morgan fingerprint density at radius 2 is 1.67 bits per heavy atom. The number of anilines is 1. The third kappa shape index (κ3) is 6.13. The Balaban J connectivity index is 1.50. The van der Waals surface area contributed by atoms with Crippen LogP contribution in [0.5, 0.6) is 0 Å². The largest absolute Gasteiger partial charge is 0.354 e. The number of unbranched alkanes of at least 4 members (excludes halogenated alkanes) is 2. The van der Waals surface area contributed by atoms with E-state index >= 15 is 0 Å². The van der Waals surface area contributed by atoms with Crippen molar-refractivity contribution in [2.75, 3.05) is 31.1 Å². The summed E-state index contributed by atoms with van der Waals surface area (Å²) in [5, 5.41) is 0. The number of aryl methyl sites for hydroxylation is 2. The zero-order valence-corrected chi connectivity index (χ0v) is 22.3. The molecule has 1 aromatic heterocycles. The first-order valence-corrected chi connectivity index (χ1v) is 13.5. The summed E-state index contributed by atoms with van der Waals surface area (Å²) in [6, 6.07) is 18.4. The summed E-state index contributed by atoms with van der Waals surface area (Å²) in [7, 11) is 0. The SMILES string of the molecule is CCCCCc1ccc(C(=O)N2CCCN(c3nc(-c4ccccc4)nc(C)c3C(C)C)CC2)cc1. The van der Waals surface area contributed by atoms with Crippen LogP contribution in [-0.4, -0.2) is 47.0 Å². The summed E-state index contributed by atoms with van der Waals surface area (Å²) < 4.78 is 0. The molecule has 0 atom stereocenters. The highest BCUT2D eigenvalue weighted by atomic mass is 16.2. The fourth-order valence-corrected chi connectivity index (χ4v) is 5.11. The lowest BCUT2D eigenvalue weighted by Gasteiger charge is -2.27. The highest BCUT2D eigenvalue weighted by molar-refractivity contribution is 5.94. The van der Waals surface area contributed by atoms with Crippen molar-refractivity contribution in [2.45, 2.75) is 65.7 Å². The number of hydrogen-bond acceptors (Lipinski definition) is 4. The van der Waals surface area contributed by atoms with Crippen molar-refractivity contribution in [3.8, 4) is 11.4 Å². The molecule has 0 unspecified atom stereocenters. The summed E-state index contributed by atoms with van der Waals surface area (Å²) in [5.41, 5.74) is 5.37. The Morgan fingerprint density at radius 3 is 2.36 bits per heavy atom. The number of carbonyl (C=O) groups is 1. The molecule has 1 saturated heterocycles. The second kappa shape index (κ2) is 12.2. The molecule has 3 aromatic rings. The van der Waals surface area contributed by atoms with Crippen molar-refractivity contribution >= 4 is 11.7 Å². The first kappa shape index (κ1) is 25.9. The summed E-state index contributed by atoms with van der Waals surface area (Å²) in [6.45, 7) is 11.8. The van der Waals surface area contributed by atoms with E-state index in [1.54, 1.807) is 0 Å². The number of benzene rings is 2. The molecule has 0 radical (unpaired) electrons. The van der Waals surface area contributed by atoms with E-state index in [1.165, 1.54) is 30.4 Å². The average molecular weight is 485 g/mol. The van der Waals surface area contributed by atoms with Crippen LogP contribution in [0, 0.1) is 6.92 Å². The molecule has 0 spiro atoms. The lowest BCUT2D eigenvalue weighted by Crippen LogP contribution is -2.35. The predicted molar refractivity (Wildman–Crippen MR) is 149 cm³/mol. The van der Waals surface area contributed by atoms with Crippen LogP contribution in [0.4, 0.5) is 5.82 Å². The molecule has 0 aliphatic carbocycles. The lowest BCUT2D eigenvalue weighted by atomic mass is 10.0. The first-order valence-electron chi connectivity index (χ1n) is 13.5. The van der Waals surface area contributed by atoms with Crippen molar-refractivity contribution in [3.63, 3.8) is 0 Å². The van der Waals surface area contributed by atoms with Crippen molar-refractivity contribution in [2.24, 2.45) is 0 Å². The van der Waals surface area contributed by atoms with Crippen LogP contribution in [0.15, 0.2) is 54.6 Å². The van der Waals surface area contributed by atoms with Crippen LogP contribution >= 0.6 is 0 Å². The molecule has 5 nitrogen and oxygen atoms in total. The number of rotatable bonds is 8. The number of amides is 1. The molecular weight excluding hydrogens is 444 g/mol. The van der Waals surface area contributed by atoms with Gasteiger partial charge < -0.3 is 9.80 Å². The van der Waals surface area contributed by atoms with E-state index in [0.717, 1.165) is 60.9 Å². The fourth-order valence-electron chi connectivity index (χ4n) is 5.11. The van der Waals surface area contributed by atoms with Crippen molar-refractivity contribution in [1.82, 2.24) is 14.9 Å². The monoisotopic (exact) mass is 484 g/mol. The minimum Gasteiger partial charge on any atom is -0.354 e. The zero-order valence-electron chi connectivity index (χ0n) is 22.3. The van der Waals surface area contributed by atoms with Crippen molar-refractivity contribution < 1.29 is 4.79 Å². The van der Waals surface area contributed by atoms with Crippen molar-refractivity contribution in [3.05, 3.63) is 77.0 Å². The van der Waals surface area contributed by atoms with Gasteiger partial charge in [-0.1, -0.05) is 76.1 Å². The first-order chi connectivity index (χ1) is 17.5. The van der Waals surface area contributed by atoms with Crippen LogP contribution in [0.25, 0.3) is 11.4 Å². The van der Waals surface area contributed by atoms with Gasteiger partial charge in [-0.05, 0) is 49.8 Å². The Morgan fingerprint density at radius 1 is 0.917 bits per heavy atom. The van der Waals surface area contributed by atoms with Crippen LogP contribution in [0.1, 0.15) is 79.6 Å². The highest BCUT2D eigenvalue weighted by Crippen LogP contribution is 2.31. The molecule has 0 saturated carbocycles. The third-order valence-corrected chi connectivity index (χ3v) is 7.08. The summed E-state index contributed by atoms with van der Waals surface area (Å²) in [4.78, 5) is 27.6. The molecule has 1 aliphatic rings. The van der Waals surface area contributed by atoms with Gasteiger partial charge in [0, 0.05) is 48.6 Å². The van der Waals surface area contributed by atoms with E-state index in [9.17, 15) is 4.79 Å². The van der Waals surface area contributed by atoms with Crippen LogP contribution in [0.3, 0.4) is 0 Å². The second-order valence-corrected chi connectivity index (χ2v) is 10.2. The Bertz CT molecular complexity index is 1140. The molecule has 2 aromatic carbocycles. The maximum atomic E-state index is 13.3. The number of hydrogen-bond donors (Lipinski definition) is 0. The normalized spacial score (nSPS) is 14.2. The topological polar surface area (TPSA) is 49.3 Å². The van der Waals surface area contributed by atoms with E-state index in [1.807, 2.05) is 35.2 Å². The Hall–Kier alpha value is -3.21.